The Hall–Kier alpha value is -3.96. The van der Waals surface area contributed by atoms with Crippen LogP contribution in [0.4, 0.5) is 22.1 Å². The van der Waals surface area contributed by atoms with Crippen LogP contribution >= 0.6 is 11.3 Å². The second-order valence-corrected chi connectivity index (χ2v) is 9.35. The second-order valence-electron chi connectivity index (χ2n) is 8.30. The lowest BCUT2D eigenvalue weighted by molar-refractivity contribution is 1.00. The summed E-state index contributed by atoms with van der Waals surface area (Å²) in [6.07, 6.45) is 0. The van der Waals surface area contributed by atoms with Crippen LogP contribution in [-0.4, -0.2) is 12.4 Å². The molecule has 5 heteroatoms. The van der Waals surface area contributed by atoms with Crippen LogP contribution in [0.25, 0.3) is 32.1 Å². The normalized spacial score (nSPS) is 11.2. The van der Waals surface area contributed by atoms with Gasteiger partial charge in [0.25, 0.3) is 0 Å². The Morgan fingerprint density at radius 2 is 1.38 bits per heavy atom. The van der Waals surface area contributed by atoms with Gasteiger partial charge in [0.05, 0.1) is 5.69 Å². The number of rotatable bonds is 5. The average molecular weight is 455 g/mol. The van der Waals surface area contributed by atoms with Crippen LogP contribution in [0.5, 0.6) is 0 Å². The summed E-state index contributed by atoms with van der Waals surface area (Å²) < 4.78 is 3.29. The van der Waals surface area contributed by atoms with Crippen LogP contribution in [-0.2, 0) is 7.05 Å². The molecule has 34 heavy (non-hydrogen) atoms. The molecule has 0 aliphatic rings. The number of aromatic nitrogens is 1. The number of aryl methyl sites for hydroxylation is 1. The van der Waals surface area contributed by atoms with Crippen molar-refractivity contribution in [2.24, 2.45) is 7.05 Å². The largest absolute Gasteiger partial charge is 0.357 e. The first-order chi connectivity index (χ1) is 16.7. The molecule has 0 saturated heterocycles. The fourth-order valence-electron chi connectivity index (χ4n) is 4.55. The van der Waals surface area contributed by atoms with Gasteiger partial charge in [0.15, 0.2) is 0 Å². The lowest BCUT2D eigenvalue weighted by Crippen LogP contribution is -2.15. The van der Waals surface area contributed by atoms with Crippen LogP contribution in [0.3, 0.4) is 0 Å². The first kappa shape index (κ1) is 20.6. The minimum atomic E-state index is 0.759. The minimum absolute atomic E-state index is 0.759. The summed E-state index contributed by atoms with van der Waals surface area (Å²) in [6, 6.07) is 35.5. The maximum atomic E-state index is 6.63. The van der Waals surface area contributed by atoms with Gasteiger partial charge >= 0.3 is 0 Å². The SMILES string of the molecule is [B]c1c(-c2ccccc2Nc2sc3ccccc3c2Nc2ccccc2)c2ccccc2n1C. The molecule has 0 aliphatic carbocycles. The van der Waals surface area contributed by atoms with E-state index < -0.39 is 0 Å². The van der Waals surface area contributed by atoms with Crippen LogP contribution in [0.15, 0.2) is 103 Å². The molecule has 0 atom stereocenters. The van der Waals surface area contributed by atoms with E-state index >= 15 is 0 Å². The Labute approximate surface area is 204 Å². The highest BCUT2D eigenvalue weighted by Gasteiger charge is 2.18. The highest BCUT2D eigenvalue weighted by atomic mass is 32.1. The maximum absolute atomic E-state index is 6.63. The van der Waals surface area contributed by atoms with Crippen molar-refractivity contribution < 1.29 is 0 Å². The van der Waals surface area contributed by atoms with Crippen molar-refractivity contribution in [2.75, 3.05) is 10.6 Å². The molecule has 0 spiro atoms. The Bertz CT molecular complexity index is 1630. The molecule has 2 N–H and O–H groups in total. The van der Waals surface area contributed by atoms with Gasteiger partial charge in [-0.2, -0.15) is 0 Å². The van der Waals surface area contributed by atoms with E-state index in [0.717, 1.165) is 49.7 Å². The summed E-state index contributed by atoms with van der Waals surface area (Å²) in [7, 11) is 8.65. The highest BCUT2D eigenvalue weighted by molar-refractivity contribution is 7.23. The molecule has 0 aliphatic heterocycles. The van der Waals surface area contributed by atoms with Crippen molar-refractivity contribution in [3.05, 3.63) is 103 Å². The van der Waals surface area contributed by atoms with Gasteiger partial charge in [-0.3, -0.25) is 0 Å². The molecule has 2 heterocycles. The molecule has 3 nitrogen and oxygen atoms in total. The summed E-state index contributed by atoms with van der Waals surface area (Å²) in [4.78, 5) is 0. The predicted octanol–water partition coefficient (Wildman–Crippen LogP) is 7.34. The van der Waals surface area contributed by atoms with E-state index in [-0.39, 0.29) is 0 Å². The van der Waals surface area contributed by atoms with E-state index in [1.807, 2.05) is 25.2 Å². The third-order valence-electron chi connectivity index (χ3n) is 6.24. The topological polar surface area (TPSA) is 29.0 Å². The van der Waals surface area contributed by atoms with Crippen molar-refractivity contribution in [1.29, 1.82) is 0 Å². The molecular formula is C29H22BN3S. The van der Waals surface area contributed by atoms with Gasteiger partial charge in [-0.05, 0) is 35.9 Å². The van der Waals surface area contributed by atoms with E-state index in [1.54, 1.807) is 11.3 Å². The second kappa shape index (κ2) is 8.43. The van der Waals surface area contributed by atoms with Crippen molar-refractivity contribution >= 4 is 67.8 Å². The van der Waals surface area contributed by atoms with Crippen molar-refractivity contribution in [3.63, 3.8) is 0 Å². The third-order valence-corrected chi connectivity index (χ3v) is 7.32. The predicted molar refractivity (Wildman–Crippen MR) is 149 cm³/mol. The number of thiophene rings is 1. The van der Waals surface area contributed by atoms with Gasteiger partial charge in [0.2, 0.25) is 0 Å². The molecule has 0 bridgehead atoms. The van der Waals surface area contributed by atoms with E-state index in [0.29, 0.717) is 0 Å². The number of nitrogens with one attached hydrogen (secondary N) is 2. The van der Waals surface area contributed by atoms with Crippen LogP contribution in [0.1, 0.15) is 0 Å². The molecule has 2 aromatic heterocycles. The summed E-state index contributed by atoms with van der Waals surface area (Å²) in [5, 5.41) is 10.8. The molecule has 162 valence electrons. The lowest BCUT2D eigenvalue weighted by Gasteiger charge is -2.15. The number of para-hydroxylation sites is 3. The molecule has 2 radical (unpaired) electrons. The average Bonchev–Trinajstić information content (AvgIpc) is 3.34. The summed E-state index contributed by atoms with van der Waals surface area (Å²) in [5.74, 6) is 0. The fourth-order valence-corrected chi connectivity index (χ4v) is 5.62. The van der Waals surface area contributed by atoms with Crippen LogP contribution in [0, 0.1) is 0 Å². The number of benzene rings is 4. The van der Waals surface area contributed by atoms with Gasteiger partial charge in [0.1, 0.15) is 12.8 Å². The van der Waals surface area contributed by atoms with Crippen molar-refractivity contribution in [3.8, 4) is 11.1 Å². The van der Waals surface area contributed by atoms with E-state index in [9.17, 15) is 0 Å². The minimum Gasteiger partial charge on any atom is -0.357 e. The first-order valence-corrected chi connectivity index (χ1v) is 12.1. The molecular weight excluding hydrogens is 433 g/mol. The number of nitrogens with zero attached hydrogens (tertiary/aromatic N) is 1. The van der Waals surface area contributed by atoms with Gasteiger partial charge in [-0.15, -0.1) is 11.3 Å². The van der Waals surface area contributed by atoms with Gasteiger partial charge in [-0.25, -0.2) is 0 Å². The number of hydrogen-bond donors (Lipinski definition) is 2. The Balaban J connectivity index is 1.50. The van der Waals surface area contributed by atoms with Gasteiger partial charge in [-0.1, -0.05) is 72.8 Å². The number of fused-ring (bicyclic) bond motifs is 2. The smallest absolute Gasteiger partial charge is 0.139 e. The molecule has 6 aromatic rings. The highest BCUT2D eigenvalue weighted by Crippen LogP contribution is 2.44. The fraction of sp³-hybridized carbons (Fsp3) is 0.0345. The Morgan fingerprint density at radius 3 is 2.24 bits per heavy atom. The van der Waals surface area contributed by atoms with Crippen molar-refractivity contribution in [2.45, 2.75) is 0 Å². The lowest BCUT2D eigenvalue weighted by atomic mass is 9.91. The monoisotopic (exact) mass is 455 g/mol. The van der Waals surface area contributed by atoms with E-state index in [4.69, 9.17) is 7.85 Å². The molecule has 0 saturated carbocycles. The molecule has 0 fully saturated rings. The zero-order valence-corrected chi connectivity index (χ0v) is 19.6. The Morgan fingerprint density at radius 1 is 0.706 bits per heavy atom. The van der Waals surface area contributed by atoms with Crippen molar-refractivity contribution in [1.82, 2.24) is 4.57 Å². The third kappa shape index (κ3) is 3.46. The van der Waals surface area contributed by atoms with Gasteiger partial charge in [0, 0.05) is 50.5 Å². The molecule has 6 rings (SSSR count). The quantitative estimate of drug-likeness (QED) is 0.266. The van der Waals surface area contributed by atoms with Gasteiger partial charge < -0.3 is 15.2 Å². The number of anilines is 4. The van der Waals surface area contributed by atoms with E-state index in [2.05, 4.69) is 100 Å². The summed E-state index contributed by atoms with van der Waals surface area (Å²) >= 11 is 1.74. The standard InChI is InChI=1S/C29H22BN3S/c1-33-24-17-9-6-14-21(24)26(28(33)30)20-13-5-8-16-23(20)32-29-27(31-19-11-3-2-4-12-19)22-15-7-10-18-25(22)34-29/h2-18,31-32H,1H3. The Kier molecular flexibility index (Phi) is 5.12. The molecule has 4 aromatic carbocycles. The van der Waals surface area contributed by atoms with Crippen LogP contribution < -0.4 is 16.2 Å². The summed E-state index contributed by atoms with van der Waals surface area (Å²) in [6.45, 7) is 0. The molecule has 0 unspecified atom stereocenters. The number of hydrogen-bond acceptors (Lipinski definition) is 3. The van der Waals surface area contributed by atoms with E-state index in [1.165, 1.54) is 10.1 Å². The zero-order valence-electron chi connectivity index (χ0n) is 18.7. The summed E-state index contributed by atoms with van der Waals surface area (Å²) in [5.41, 5.74) is 7.17. The molecule has 0 amide bonds. The zero-order chi connectivity index (χ0) is 23.1. The maximum Gasteiger partial charge on any atom is 0.139 e. The first-order valence-electron chi connectivity index (χ1n) is 11.2. The van der Waals surface area contributed by atoms with Crippen LogP contribution in [0.2, 0.25) is 0 Å².